The van der Waals surface area contributed by atoms with Gasteiger partial charge in [-0.3, -0.25) is 4.79 Å². The van der Waals surface area contributed by atoms with E-state index in [4.69, 9.17) is 0 Å². The number of nitrogens with one attached hydrogen (secondary N) is 1. The summed E-state index contributed by atoms with van der Waals surface area (Å²) in [6.07, 6.45) is 0.0232. The van der Waals surface area contributed by atoms with Crippen molar-refractivity contribution in [1.82, 2.24) is 30.1 Å². The highest BCUT2D eigenvalue weighted by Crippen LogP contribution is 2.28. The van der Waals surface area contributed by atoms with Gasteiger partial charge in [0.15, 0.2) is 5.69 Å². The van der Waals surface area contributed by atoms with Gasteiger partial charge in [-0.1, -0.05) is 12.1 Å². The van der Waals surface area contributed by atoms with Gasteiger partial charge >= 0.3 is 6.18 Å². The molecule has 8 nitrogen and oxygen atoms in total. The predicted octanol–water partition coefficient (Wildman–Crippen LogP) is 3.60. The Labute approximate surface area is 188 Å². The summed E-state index contributed by atoms with van der Waals surface area (Å²) in [6, 6.07) is 8.83. The number of hydrogen-bond acceptors (Lipinski definition) is 6. The summed E-state index contributed by atoms with van der Waals surface area (Å²) in [7, 11) is 0. The molecule has 1 saturated heterocycles. The fourth-order valence-electron chi connectivity index (χ4n) is 3.70. The molecule has 0 bridgehead atoms. The zero-order valence-corrected chi connectivity index (χ0v) is 17.8. The standard InChI is InChI=1S/C20H20F3N7O.ClH/c1-13-15(26-18-9-8-17(27-28-18)20(21,22)23)6-4-12-29(13)19(31)14-5-2-3-7-16(14)30-24-10-11-25-30;/h2-3,5,7-11,13,15H,4,6,12H2,1H3,(H,26,28);1H/t13-,15?;/m0./s1. The third kappa shape index (κ3) is 4.82. The minimum Gasteiger partial charge on any atom is -0.364 e. The molecule has 3 heterocycles. The van der Waals surface area contributed by atoms with Gasteiger partial charge < -0.3 is 10.2 Å². The molecule has 32 heavy (non-hydrogen) atoms. The lowest BCUT2D eigenvalue weighted by Crippen LogP contribution is -2.52. The topological polar surface area (TPSA) is 88.8 Å². The molecule has 1 unspecified atom stereocenters. The number of rotatable bonds is 4. The first-order valence-corrected chi connectivity index (χ1v) is 9.79. The van der Waals surface area contributed by atoms with Crippen LogP contribution in [-0.2, 0) is 6.18 Å². The first-order valence-electron chi connectivity index (χ1n) is 9.79. The van der Waals surface area contributed by atoms with E-state index >= 15 is 0 Å². The molecule has 1 aliphatic rings. The molecule has 1 amide bonds. The van der Waals surface area contributed by atoms with Gasteiger partial charge in [0.1, 0.15) is 5.82 Å². The summed E-state index contributed by atoms with van der Waals surface area (Å²) < 4.78 is 38.1. The van der Waals surface area contributed by atoms with E-state index in [0.717, 1.165) is 18.9 Å². The third-order valence-electron chi connectivity index (χ3n) is 5.31. The van der Waals surface area contributed by atoms with Crippen LogP contribution in [0.2, 0.25) is 0 Å². The van der Waals surface area contributed by atoms with Crippen molar-refractivity contribution in [2.24, 2.45) is 0 Å². The fourth-order valence-corrected chi connectivity index (χ4v) is 3.70. The van der Waals surface area contributed by atoms with Gasteiger partial charge in [-0.25, -0.2) is 0 Å². The Morgan fingerprint density at radius 1 is 1.09 bits per heavy atom. The lowest BCUT2D eigenvalue weighted by atomic mass is 9.96. The number of nitrogens with zero attached hydrogens (tertiary/aromatic N) is 6. The van der Waals surface area contributed by atoms with Crippen LogP contribution in [0.3, 0.4) is 0 Å². The molecule has 170 valence electrons. The van der Waals surface area contributed by atoms with E-state index in [9.17, 15) is 18.0 Å². The lowest BCUT2D eigenvalue weighted by Gasteiger charge is -2.40. The molecule has 12 heteroatoms. The van der Waals surface area contributed by atoms with Crippen molar-refractivity contribution in [3.63, 3.8) is 0 Å². The number of alkyl halides is 3. The van der Waals surface area contributed by atoms with Gasteiger partial charge in [-0.2, -0.15) is 28.2 Å². The monoisotopic (exact) mass is 467 g/mol. The van der Waals surface area contributed by atoms with E-state index in [1.165, 1.54) is 23.3 Å². The van der Waals surface area contributed by atoms with Crippen LogP contribution in [0.4, 0.5) is 19.0 Å². The number of carbonyl (C=O) groups is 1. The molecular formula is C20H21ClF3N7O. The summed E-state index contributed by atoms with van der Waals surface area (Å²) >= 11 is 0. The van der Waals surface area contributed by atoms with E-state index in [2.05, 4.69) is 25.7 Å². The van der Waals surface area contributed by atoms with Gasteiger partial charge in [-0.05, 0) is 44.0 Å². The Bertz CT molecular complexity index is 1040. The predicted molar refractivity (Wildman–Crippen MR) is 113 cm³/mol. The van der Waals surface area contributed by atoms with Crippen LogP contribution in [0.5, 0.6) is 0 Å². The molecule has 2 aromatic heterocycles. The highest BCUT2D eigenvalue weighted by Gasteiger charge is 2.34. The Morgan fingerprint density at radius 2 is 1.81 bits per heavy atom. The van der Waals surface area contributed by atoms with Crippen molar-refractivity contribution < 1.29 is 18.0 Å². The molecule has 1 aliphatic heterocycles. The number of hydrogen-bond donors (Lipinski definition) is 1. The van der Waals surface area contributed by atoms with Gasteiger partial charge in [0, 0.05) is 18.6 Å². The summed E-state index contributed by atoms with van der Waals surface area (Å²) in [6.45, 7) is 2.47. The van der Waals surface area contributed by atoms with E-state index in [1.54, 1.807) is 23.1 Å². The molecule has 2 atom stereocenters. The van der Waals surface area contributed by atoms with Crippen LogP contribution >= 0.6 is 12.4 Å². The first kappa shape index (κ1) is 23.5. The fraction of sp³-hybridized carbons (Fsp3) is 0.350. The summed E-state index contributed by atoms with van der Waals surface area (Å²) in [5.41, 5.74) is 0.00398. The zero-order chi connectivity index (χ0) is 22.0. The molecule has 1 N–H and O–H groups in total. The summed E-state index contributed by atoms with van der Waals surface area (Å²) in [4.78, 5) is 16.5. The SMILES string of the molecule is C[C@H]1C(Nc2ccc(C(F)(F)F)nn2)CCCN1C(=O)c1ccccc1-n1nccn1.Cl. The normalized spacial score (nSPS) is 18.7. The highest BCUT2D eigenvalue weighted by molar-refractivity contribution is 5.98. The van der Waals surface area contributed by atoms with Gasteiger partial charge in [0.2, 0.25) is 0 Å². The van der Waals surface area contributed by atoms with Gasteiger partial charge in [-0.15, -0.1) is 22.6 Å². The molecule has 1 aromatic carbocycles. The number of benzene rings is 1. The molecule has 3 aromatic rings. The van der Waals surface area contributed by atoms with Gasteiger partial charge in [0.05, 0.1) is 23.6 Å². The zero-order valence-electron chi connectivity index (χ0n) is 17.0. The number of amides is 1. The molecular weight excluding hydrogens is 447 g/mol. The molecule has 1 fully saturated rings. The number of para-hydroxylation sites is 1. The molecule has 0 spiro atoms. The molecule has 0 radical (unpaired) electrons. The van der Waals surface area contributed by atoms with E-state index < -0.39 is 11.9 Å². The number of aromatic nitrogens is 5. The van der Waals surface area contributed by atoms with E-state index in [1.807, 2.05) is 13.0 Å². The molecule has 0 saturated carbocycles. The highest BCUT2D eigenvalue weighted by atomic mass is 35.5. The smallest absolute Gasteiger partial charge is 0.364 e. The van der Waals surface area contributed by atoms with Crippen molar-refractivity contribution in [1.29, 1.82) is 0 Å². The van der Waals surface area contributed by atoms with Crippen LogP contribution < -0.4 is 5.32 Å². The first-order chi connectivity index (χ1) is 14.8. The van der Waals surface area contributed by atoms with Crippen LogP contribution in [-0.4, -0.2) is 54.6 Å². The van der Waals surface area contributed by atoms with Gasteiger partial charge in [0.25, 0.3) is 5.91 Å². The second-order valence-electron chi connectivity index (χ2n) is 7.27. The lowest BCUT2D eigenvalue weighted by molar-refractivity contribution is -0.141. The number of likely N-dealkylation sites (tertiary alicyclic amines) is 1. The van der Waals surface area contributed by atoms with Crippen molar-refractivity contribution >= 4 is 24.1 Å². The average Bonchev–Trinajstić information content (AvgIpc) is 3.29. The maximum Gasteiger partial charge on any atom is 0.435 e. The van der Waals surface area contributed by atoms with Crippen LogP contribution in [0.1, 0.15) is 35.8 Å². The number of piperidine rings is 1. The maximum atomic E-state index is 13.4. The number of halogens is 4. The van der Waals surface area contributed by atoms with Crippen LogP contribution in [0.15, 0.2) is 48.8 Å². The summed E-state index contributed by atoms with van der Waals surface area (Å²) in [5.74, 6) is 0.0747. The molecule has 4 rings (SSSR count). The van der Waals surface area contributed by atoms with E-state index in [-0.39, 0.29) is 36.2 Å². The van der Waals surface area contributed by atoms with Crippen LogP contribution in [0, 0.1) is 0 Å². The largest absolute Gasteiger partial charge is 0.435 e. The Morgan fingerprint density at radius 3 is 2.47 bits per heavy atom. The minimum absolute atomic E-state index is 0. The van der Waals surface area contributed by atoms with Crippen LogP contribution in [0.25, 0.3) is 5.69 Å². The third-order valence-corrected chi connectivity index (χ3v) is 5.31. The number of carbonyl (C=O) groups excluding carboxylic acids is 1. The quantitative estimate of drug-likeness (QED) is 0.630. The average molecular weight is 468 g/mol. The minimum atomic E-state index is -4.54. The Hall–Kier alpha value is -3.21. The van der Waals surface area contributed by atoms with Crippen molar-refractivity contribution in [3.8, 4) is 5.69 Å². The Kier molecular flexibility index (Phi) is 6.97. The maximum absolute atomic E-state index is 13.4. The molecule has 0 aliphatic carbocycles. The second kappa shape index (κ2) is 9.51. The second-order valence-corrected chi connectivity index (χ2v) is 7.27. The van der Waals surface area contributed by atoms with Crippen molar-refractivity contribution in [2.45, 2.75) is 38.0 Å². The van der Waals surface area contributed by atoms with Crippen molar-refractivity contribution in [2.75, 3.05) is 11.9 Å². The van der Waals surface area contributed by atoms with E-state index in [0.29, 0.717) is 17.8 Å². The van der Waals surface area contributed by atoms with Crippen molar-refractivity contribution in [3.05, 3.63) is 60.0 Å². The number of anilines is 1. The Balaban J connectivity index is 0.00000289. The summed E-state index contributed by atoms with van der Waals surface area (Å²) in [5, 5.41) is 18.2.